The van der Waals surface area contributed by atoms with Crippen molar-refractivity contribution in [3.8, 4) is 11.5 Å². The molecule has 1 aromatic carbocycles. The molecule has 0 atom stereocenters. The summed E-state index contributed by atoms with van der Waals surface area (Å²) in [5, 5.41) is 4.19. The normalized spacial score (nSPS) is 14.5. The summed E-state index contributed by atoms with van der Waals surface area (Å²) in [6.45, 7) is 2.59. The number of guanidine groups is 1. The number of aromatic nitrogens is 2. The second-order valence-corrected chi connectivity index (χ2v) is 7.30. The van der Waals surface area contributed by atoms with Crippen molar-refractivity contribution in [2.24, 2.45) is 4.99 Å². The number of aryl methyl sites for hydroxylation is 1. The molecule has 0 amide bonds. The third-order valence-corrected chi connectivity index (χ3v) is 5.58. The van der Waals surface area contributed by atoms with Crippen LogP contribution in [0.25, 0.3) is 0 Å². The molecule has 172 valence electrons. The second-order valence-electron chi connectivity index (χ2n) is 6.57. The van der Waals surface area contributed by atoms with E-state index in [9.17, 15) is 8.78 Å². The summed E-state index contributed by atoms with van der Waals surface area (Å²) in [5.74, 6) is 2.12. The summed E-state index contributed by atoms with van der Waals surface area (Å²) in [6, 6.07) is 4.87. The molecule has 2 heterocycles. The summed E-state index contributed by atoms with van der Waals surface area (Å²) in [4.78, 5) is 13.2. The highest BCUT2D eigenvalue weighted by atomic mass is 127. The maximum absolute atomic E-state index is 12.8. The summed E-state index contributed by atoms with van der Waals surface area (Å²) in [6.07, 6.45) is 0.829. The molecule has 0 unspecified atom stereocenters. The molecule has 0 radical (unpaired) electrons. The molecule has 3 rings (SSSR count). The van der Waals surface area contributed by atoms with Gasteiger partial charge in [-0.15, -0.1) is 24.0 Å². The van der Waals surface area contributed by atoms with Crippen molar-refractivity contribution in [2.75, 3.05) is 45.2 Å². The Morgan fingerprint density at radius 1 is 1.29 bits per heavy atom. The van der Waals surface area contributed by atoms with Gasteiger partial charge in [-0.2, -0.15) is 13.2 Å². The Hall–Kier alpha value is -1.96. The van der Waals surface area contributed by atoms with Crippen LogP contribution in [0.5, 0.6) is 11.5 Å². The number of benzene rings is 1. The van der Waals surface area contributed by atoms with Crippen LogP contribution in [0, 0.1) is 0 Å². The smallest absolute Gasteiger partial charge is 0.387 e. The van der Waals surface area contributed by atoms with E-state index in [1.54, 1.807) is 19.2 Å². The van der Waals surface area contributed by atoms with E-state index in [0.717, 1.165) is 43.6 Å². The maximum atomic E-state index is 12.8. The number of aliphatic imine (C=N–C) groups is 1. The monoisotopic (exact) mass is 568 g/mol. The first-order valence-corrected chi connectivity index (χ1v) is 10.5. The van der Waals surface area contributed by atoms with Crippen molar-refractivity contribution in [3.63, 3.8) is 0 Å². The fourth-order valence-corrected chi connectivity index (χ4v) is 3.95. The summed E-state index contributed by atoms with van der Waals surface area (Å²) < 4.78 is 39.6. The van der Waals surface area contributed by atoms with E-state index >= 15 is 0 Å². The zero-order valence-corrected chi connectivity index (χ0v) is 20.8. The Labute approximate surface area is 201 Å². The summed E-state index contributed by atoms with van der Waals surface area (Å²) in [5.41, 5.74) is 0.594. The topological polar surface area (TPSA) is 75.1 Å². The van der Waals surface area contributed by atoms with Crippen molar-refractivity contribution < 1.29 is 18.3 Å². The van der Waals surface area contributed by atoms with E-state index in [0.29, 0.717) is 23.8 Å². The Morgan fingerprint density at radius 2 is 2.03 bits per heavy atom. The van der Waals surface area contributed by atoms with Gasteiger partial charge in [-0.3, -0.25) is 4.99 Å². The van der Waals surface area contributed by atoms with E-state index in [2.05, 4.69) is 34.2 Å². The number of piperazine rings is 1. The largest absolute Gasteiger partial charge is 0.497 e. The van der Waals surface area contributed by atoms with Gasteiger partial charge in [0.25, 0.3) is 0 Å². The number of ether oxygens (including phenoxy) is 2. The third kappa shape index (κ3) is 6.76. The molecule has 1 fully saturated rings. The molecule has 0 aliphatic carbocycles. The van der Waals surface area contributed by atoms with Gasteiger partial charge in [0.1, 0.15) is 17.3 Å². The van der Waals surface area contributed by atoms with Crippen LogP contribution in [0.4, 0.5) is 13.9 Å². The molecule has 0 saturated carbocycles. The lowest BCUT2D eigenvalue weighted by Crippen LogP contribution is -2.52. The van der Waals surface area contributed by atoms with Gasteiger partial charge >= 0.3 is 6.61 Å². The second kappa shape index (κ2) is 12.2. The molecule has 8 nitrogen and oxygen atoms in total. The molecule has 1 aromatic heterocycles. The molecule has 31 heavy (non-hydrogen) atoms. The number of methoxy groups -OCH3 is 1. The van der Waals surface area contributed by atoms with Crippen molar-refractivity contribution in [3.05, 3.63) is 29.6 Å². The number of rotatable bonds is 7. The van der Waals surface area contributed by atoms with E-state index < -0.39 is 6.61 Å². The van der Waals surface area contributed by atoms with E-state index in [1.807, 2.05) is 6.92 Å². The average Bonchev–Trinajstić information content (AvgIpc) is 3.24. The first-order valence-electron chi connectivity index (χ1n) is 9.68. The van der Waals surface area contributed by atoms with Crippen LogP contribution in [0.15, 0.2) is 23.2 Å². The van der Waals surface area contributed by atoms with Gasteiger partial charge in [0.2, 0.25) is 5.13 Å². The van der Waals surface area contributed by atoms with Crippen LogP contribution >= 0.6 is 35.5 Å². The number of nitrogens with zero attached hydrogens (tertiary/aromatic N) is 5. The van der Waals surface area contributed by atoms with Crippen LogP contribution < -0.4 is 19.7 Å². The van der Waals surface area contributed by atoms with Crippen molar-refractivity contribution >= 4 is 46.6 Å². The Balaban J connectivity index is 0.00000341. The van der Waals surface area contributed by atoms with Gasteiger partial charge in [-0.05, 0) is 12.1 Å². The molecule has 1 aliphatic rings. The van der Waals surface area contributed by atoms with E-state index in [-0.39, 0.29) is 29.7 Å². The number of anilines is 1. The van der Waals surface area contributed by atoms with Crippen LogP contribution in [0.3, 0.4) is 0 Å². The molecular formula is C19H27F2IN6O2S. The molecule has 1 aliphatic heterocycles. The van der Waals surface area contributed by atoms with Crippen LogP contribution in [0.1, 0.15) is 18.3 Å². The lowest BCUT2D eigenvalue weighted by atomic mass is 10.2. The number of hydrogen-bond acceptors (Lipinski definition) is 7. The first-order chi connectivity index (χ1) is 14.5. The van der Waals surface area contributed by atoms with Crippen LogP contribution in [-0.4, -0.2) is 67.2 Å². The van der Waals surface area contributed by atoms with Gasteiger partial charge in [0.15, 0.2) is 5.96 Å². The lowest BCUT2D eigenvalue weighted by molar-refractivity contribution is -0.0505. The van der Waals surface area contributed by atoms with Gasteiger partial charge in [-0.1, -0.05) is 6.92 Å². The molecule has 12 heteroatoms. The van der Waals surface area contributed by atoms with Gasteiger partial charge in [-0.25, -0.2) is 4.98 Å². The van der Waals surface area contributed by atoms with Crippen LogP contribution in [-0.2, 0) is 13.0 Å². The predicted molar refractivity (Wildman–Crippen MR) is 128 cm³/mol. The highest BCUT2D eigenvalue weighted by Crippen LogP contribution is 2.26. The zero-order chi connectivity index (χ0) is 21.5. The van der Waals surface area contributed by atoms with Crippen molar-refractivity contribution in [1.82, 2.24) is 19.6 Å². The number of alkyl halides is 2. The van der Waals surface area contributed by atoms with Crippen molar-refractivity contribution in [2.45, 2.75) is 26.5 Å². The SMILES string of the molecule is CCc1nsc(N2CCN(C(=NC)NCc3ccc(OC)cc3OC(F)F)CC2)n1.I. The third-order valence-electron chi connectivity index (χ3n) is 4.76. The van der Waals surface area contributed by atoms with Gasteiger partial charge in [0, 0.05) is 69.4 Å². The Kier molecular flexibility index (Phi) is 9.93. The molecule has 1 N–H and O–H groups in total. The molecular weight excluding hydrogens is 541 g/mol. The maximum Gasteiger partial charge on any atom is 0.387 e. The predicted octanol–water partition coefficient (Wildman–Crippen LogP) is 3.23. The molecule has 1 saturated heterocycles. The van der Waals surface area contributed by atoms with E-state index in [1.165, 1.54) is 24.7 Å². The van der Waals surface area contributed by atoms with E-state index in [4.69, 9.17) is 4.74 Å². The lowest BCUT2D eigenvalue weighted by Gasteiger charge is -2.36. The Bertz CT molecular complexity index is 862. The number of hydrogen-bond donors (Lipinski definition) is 1. The molecule has 0 spiro atoms. The standard InChI is InChI=1S/C19H26F2N6O2S.HI/c1-4-16-24-19(30-25-16)27-9-7-26(8-10-27)18(22-2)23-12-13-5-6-14(28-3)11-15(13)29-17(20)21;/h5-6,11,17H,4,7-10,12H2,1-3H3,(H,22,23);1H. The Morgan fingerprint density at radius 3 is 2.61 bits per heavy atom. The molecule has 2 aromatic rings. The first kappa shape index (κ1) is 25.3. The zero-order valence-electron chi connectivity index (χ0n) is 17.7. The molecule has 0 bridgehead atoms. The highest BCUT2D eigenvalue weighted by molar-refractivity contribution is 14.0. The number of halogens is 3. The average molecular weight is 568 g/mol. The fraction of sp³-hybridized carbons (Fsp3) is 0.526. The summed E-state index contributed by atoms with van der Waals surface area (Å²) in [7, 11) is 3.18. The minimum atomic E-state index is -2.91. The number of nitrogens with one attached hydrogen (secondary N) is 1. The summed E-state index contributed by atoms with van der Waals surface area (Å²) >= 11 is 1.43. The fourth-order valence-electron chi connectivity index (χ4n) is 3.15. The van der Waals surface area contributed by atoms with Crippen LogP contribution in [0.2, 0.25) is 0 Å². The van der Waals surface area contributed by atoms with Gasteiger partial charge < -0.3 is 24.6 Å². The quantitative estimate of drug-likeness (QED) is 0.313. The minimum absolute atomic E-state index is 0. The highest BCUT2D eigenvalue weighted by Gasteiger charge is 2.22. The van der Waals surface area contributed by atoms with Crippen molar-refractivity contribution in [1.29, 1.82) is 0 Å². The van der Waals surface area contributed by atoms with Gasteiger partial charge in [0.05, 0.1) is 7.11 Å². The minimum Gasteiger partial charge on any atom is -0.497 e.